The molecule has 1 unspecified atom stereocenters. The molecule has 0 bridgehead atoms. The van der Waals surface area contributed by atoms with Crippen LogP contribution in [-0.2, 0) is 26.2 Å². The number of hydrogen-bond acceptors (Lipinski definition) is 5. The number of anilines is 1. The molecule has 39 heavy (non-hydrogen) atoms. The topological polar surface area (TPSA) is 86.8 Å². The van der Waals surface area contributed by atoms with Crippen LogP contribution < -0.4 is 9.62 Å². The minimum atomic E-state index is -4.13. The third kappa shape index (κ3) is 7.83. The average molecular weight is 572 g/mol. The average Bonchev–Trinajstić information content (AvgIpc) is 2.94. The van der Waals surface area contributed by atoms with Crippen molar-refractivity contribution in [2.45, 2.75) is 49.6 Å². The zero-order chi connectivity index (χ0) is 28.6. The molecule has 3 aromatic rings. The summed E-state index contributed by atoms with van der Waals surface area (Å²) >= 11 is 1.49. The Bertz CT molecular complexity index is 1360. The predicted octanol–water partition coefficient (Wildman–Crippen LogP) is 4.99. The fraction of sp³-hybridized carbons (Fsp3) is 0.310. The molecule has 0 aromatic heterocycles. The number of nitrogens with one attached hydrogen (secondary N) is 1. The summed E-state index contributed by atoms with van der Waals surface area (Å²) in [5.41, 5.74) is 1.87. The Morgan fingerprint density at radius 1 is 0.974 bits per heavy atom. The van der Waals surface area contributed by atoms with Crippen LogP contribution in [0.2, 0.25) is 0 Å². The van der Waals surface area contributed by atoms with E-state index in [0.29, 0.717) is 17.8 Å². The van der Waals surface area contributed by atoms with E-state index < -0.39 is 34.3 Å². The lowest BCUT2D eigenvalue weighted by Crippen LogP contribution is -2.51. The van der Waals surface area contributed by atoms with Gasteiger partial charge in [-0.15, -0.1) is 11.8 Å². The molecule has 0 aliphatic carbocycles. The second-order valence-corrected chi connectivity index (χ2v) is 11.9. The molecule has 1 N–H and O–H groups in total. The zero-order valence-electron chi connectivity index (χ0n) is 22.6. The SMILES string of the molecule is CCCNC(=O)C(C)N(Cc1ccc(F)cc1)C(=O)CN(c1ccc(C)cc1)S(=O)(=O)c1ccc(SC)cc1. The molecule has 0 fully saturated rings. The van der Waals surface area contributed by atoms with E-state index in [1.54, 1.807) is 43.3 Å². The van der Waals surface area contributed by atoms with Crippen LogP contribution in [0.5, 0.6) is 0 Å². The highest BCUT2D eigenvalue weighted by atomic mass is 32.2. The number of benzene rings is 3. The molecule has 0 aliphatic heterocycles. The van der Waals surface area contributed by atoms with Crippen molar-refractivity contribution < 1.29 is 22.4 Å². The van der Waals surface area contributed by atoms with Crippen molar-refractivity contribution in [2.24, 2.45) is 0 Å². The first-order valence-electron chi connectivity index (χ1n) is 12.6. The van der Waals surface area contributed by atoms with Crippen LogP contribution in [0.4, 0.5) is 10.1 Å². The lowest BCUT2D eigenvalue weighted by atomic mass is 10.1. The molecule has 208 valence electrons. The van der Waals surface area contributed by atoms with Gasteiger partial charge < -0.3 is 10.2 Å². The summed E-state index contributed by atoms with van der Waals surface area (Å²) in [6.45, 7) is 5.32. The maximum absolute atomic E-state index is 13.8. The Hall–Kier alpha value is -3.37. The summed E-state index contributed by atoms with van der Waals surface area (Å²) in [5.74, 6) is -1.34. The van der Waals surface area contributed by atoms with Gasteiger partial charge in [0.25, 0.3) is 10.0 Å². The minimum Gasteiger partial charge on any atom is -0.354 e. The summed E-state index contributed by atoms with van der Waals surface area (Å²) in [6.07, 6.45) is 2.62. The van der Waals surface area contributed by atoms with Gasteiger partial charge in [0.15, 0.2) is 0 Å². The Balaban J connectivity index is 2.00. The van der Waals surface area contributed by atoms with Crippen molar-refractivity contribution in [2.75, 3.05) is 23.7 Å². The molecule has 7 nitrogen and oxygen atoms in total. The van der Waals surface area contributed by atoms with Gasteiger partial charge in [0.2, 0.25) is 11.8 Å². The van der Waals surface area contributed by atoms with Crippen LogP contribution in [-0.4, -0.2) is 50.5 Å². The van der Waals surface area contributed by atoms with Crippen molar-refractivity contribution in [3.8, 4) is 0 Å². The summed E-state index contributed by atoms with van der Waals surface area (Å²) in [7, 11) is -4.13. The monoisotopic (exact) mass is 571 g/mol. The fourth-order valence-electron chi connectivity index (χ4n) is 3.88. The maximum Gasteiger partial charge on any atom is 0.264 e. The number of aryl methyl sites for hydroxylation is 1. The van der Waals surface area contributed by atoms with Gasteiger partial charge in [-0.2, -0.15) is 0 Å². The molecule has 0 heterocycles. The molecule has 3 rings (SSSR count). The quantitative estimate of drug-likeness (QED) is 0.310. The third-order valence-electron chi connectivity index (χ3n) is 6.23. The van der Waals surface area contributed by atoms with Gasteiger partial charge in [-0.3, -0.25) is 13.9 Å². The molecule has 1 atom stereocenters. The van der Waals surface area contributed by atoms with Gasteiger partial charge in [0.1, 0.15) is 18.4 Å². The Kier molecular flexibility index (Phi) is 10.5. The van der Waals surface area contributed by atoms with E-state index in [4.69, 9.17) is 0 Å². The van der Waals surface area contributed by atoms with E-state index in [1.165, 1.54) is 53.1 Å². The fourth-order valence-corrected chi connectivity index (χ4v) is 5.70. The molecule has 0 radical (unpaired) electrons. The molecule has 0 saturated carbocycles. The molecule has 0 aliphatic rings. The van der Waals surface area contributed by atoms with Crippen LogP contribution in [0.1, 0.15) is 31.4 Å². The Morgan fingerprint density at radius 2 is 1.59 bits per heavy atom. The summed E-state index contributed by atoms with van der Waals surface area (Å²) < 4.78 is 42.3. The Labute approximate surface area is 234 Å². The second kappa shape index (κ2) is 13.6. The van der Waals surface area contributed by atoms with Crippen LogP contribution in [0, 0.1) is 12.7 Å². The maximum atomic E-state index is 13.8. The number of halogens is 1. The van der Waals surface area contributed by atoms with Gasteiger partial charge in [-0.1, -0.05) is 36.8 Å². The molecule has 3 aromatic carbocycles. The standard InChI is InChI=1S/C29H34FN3O4S2/c1-5-18-31-29(35)22(3)32(19-23-8-10-24(30)11-9-23)28(34)20-33(25-12-6-21(2)7-13-25)39(36,37)27-16-14-26(38-4)15-17-27/h6-17,22H,5,18-20H2,1-4H3,(H,31,35). The van der Waals surface area contributed by atoms with Crippen LogP contribution >= 0.6 is 11.8 Å². The van der Waals surface area contributed by atoms with E-state index >= 15 is 0 Å². The van der Waals surface area contributed by atoms with Gasteiger partial charge in [-0.05, 0) is 80.6 Å². The van der Waals surface area contributed by atoms with Crippen molar-refractivity contribution in [3.05, 3.63) is 89.7 Å². The van der Waals surface area contributed by atoms with E-state index in [-0.39, 0.29) is 17.3 Å². The van der Waals surface area contributed by atoms with Gasteiger partial charge >= 0.3 is 0 Å². The highest BCUT2D eigenvalue weighted by Gasteiger charge is 2.32. The van der Waals surface area contributed by atoms with Crippen LogP contribution in [0.15, 0.2) is 82.6 Å². The molecule has 10 heteroatoms. The number of carbonyl (C=O) groups excluding carboxylic acids is 2. The van der Waals surface area contributed by atoms with E-state index in [0.717, 1.165) is 21.2 Å². The number of carbonyl (C=O) groups is 2. The molecular weight excluding hydrogens is 537 g/mol. The van der Waals surface area contributed by atoms with Crippen molar-refractivity contribution in [3.63, 3.8) is 0 Å². The number of rotatable bonds is 12. The lowest BCUT2D eigenvalue weighted by molar-refractivity contribution is -0.139. The van der Waals surface area contributed by atoms with E-state index in [1.807, 2.05) is 20.1 Å². The van der Waals surface area contributed by atoms with Gasteiger partial charge in [0.05, 0.1) is 10.6 Å². The van der Waals surface area contributed by atoms with E-state index in [9.17, 15) is 22.4 Å². The zero-order valence-corrected chi connectivity index (χ0v) is 24.2. The smallest absolute Gasteiger partial charge is 0.264 e. The number of hydrogen-bond donors (Lipinski definition) is 1. The molecule has 0 saturated heterocycles. The van der Waals surface area contributed by atoms with Gasteiger partial charge in [0, 0.05) is 18.0 Å². The van der Waals surface area contributed by atoms with Crippen molar-refractivity contribution >= 4 is 39.3 Å². The largest absolute Gasteiger partial charge is 0.354 e. The highest BCUT2D eigenvalue weighted by molar-refractivity contribution is 7.98. The minimum absolute atomic E-state index is 0.00400. The van der Waals surface area contributed by atoms with Gasteiger partial charge in [-0.25, -0.2) is 12.8 Å². The van der Waals surface area contributed by atoms with Crippen LogP contribution in [0.3, 0.4) is 0 Å². The lowest BCUT2D eigenvalue weighted by Gasteiger charge is -2.32. The summed E-state index contributed by atoms with van der Waals surface area (Å²) in [5, 5.41) is 2.79. The predicted molar refractivity (Wildman–Crippen MR) is 154 cm³/mol. The summed E-state index contributed by atoms with van der Waals surface area (Å²) in [4.78, 5) is 29.0. The van der Waals surface area contributed by atoms with E-state index in [2.05, 4.69) is 5.32 Å². The molecule has 0 spiro atoms. The number of sulfonamides is 1. The molecule has 2 amide bonds. The third-order valence-corrected chi connectivity index (χ3v) is 8.76. The normalized spacial score (nSPS) is 12.0. The highest BCUT2D eigenvalue weighted by Crippen LogP contribution is 2.26. The van der Waals surface area contributed by atoms with Crippen molar-refractivity contribution in [1.29, 1.82) is 0 Å². The first kappa shape index (κ1) is 30.2. The van der Waals surface area contributed by atoms with Crippen molar-refractivity contribution in [1.82, 2.24) is 10.2 Å². The first-order chi connectivity index (χ1) is 18.6. The van der Waals surface area contributed by atoms with Crippen LogP contribution in [0.25, 0.3) is 0 Å². The Morgan fingerprint density at radius 3 is 2.15 bits per heavy atom. The second-order valence-electron chi connectivity index (χ2n) is 9.14. The number of thioether (sulfide) groups is 1. The summed E-state index contributed by atoms with van der Waals surface area (Å²) in [6, 6.07) is 18.1. The number of amides is 2. The molecular formula is C29H34FN3O4S2. The number of nitrogens with zero attached hydrogens (tertiary/aromatic N) is 2. The first-order valence-corrected chi connectivity index (χ1v) is 15.3.